The Hall–Kier alpha value is -0.0800. The molecule has 0 aromatic carbocycles. The van der Waals surface area contributed by atoms with E-state index in [1.807, 2.05) is 0 Å². The Bertz CT molecular complexity index is 225. The molecular weight excluding hydrogens is 196 g/mol. The van der Waals surface area contributed by atoms with E-state index in [1.54, 1.807) is 0 Å². The molecule has 0 atom stereocenters. The van der Waals surface area contributed by atoms with Crippen LogP contribution in [0.25, 0.3) is 0 Å². The first-order chi connectivity index (χ1) is 7.45. The van der Waals surface area contributed by atoms with Crippen LogP contribution in [0.1, 0.15) is 72.6 Å². The van der Waals surface area contributed by atoms with Crippen LogP contribution in [0.3, 0.4) is 0 Å². The van der Waals surface area contributed by atoms with Gasteiger partial charge >= 0.3 is 0 Å². The Morgan fingerprint density at radius 1 is 0.812 bits per heavy atom. The highest BCUT2D eigenvalue weighted by Crippen LogP contribution is 2.60. The fourth-order valence-electron chi connectivity index (χ4n) is 4.63. The van der Waals surface area contributed by atoms with Gasteiger partial charge in [-0.25, -0.2) is 0 Å². The van der Waals surface area contributed by atoms with Crippen molar-refractivity contribution >= 4 is 0 Å². The summed E-state index contributed by atoms with van der Waals surface area (Å²) in [5.74, 6) is 0. The molecule has 1 fully saturated rings. The smallest absolute Gasteiger partial charge is 0.0699 e. The first kappa shape index (κ1) is 14.0. The molecule has 96 valence electrons. The summed E-state index contributed by atoms with van der Waals surface area (Å²) in [6, 6.07) is 0. The zero-order valence-electron chi connectivity index (χ0n) is 11.6. The molecule has 0 aromatic rings. The normalized spacial score (nSPS) is 26.6. The van der Waals surface area contributed by atoms with Crippen molar-refractivity contribution in [3.05, 3.63) is 0 Å². The molecule has 4 N–H and O–H groups in total. The average molecular weight is 226 g/mol. The van der Waals surface area contributed by atoms with Crippen LogP contribution in [-0.2, 0) is 0 Å². The summed E-state index contributed by atoms with van der Waals surface area (Å²) in [7, 11) is 0. The minimum absolute atomic E-state index is 0.127. The number of hydrogen-bond donors (Lipinski definition) is 2. The molecular formula is C14H30N2. The lowest BCUT2D eigenvalue weighted by Crippen LogP contribution is -2.69. The van der Waals surface area contributed by atoms with Gasteiger partial charge in [0.05, 0.1) is 5.66 Å². The van der Waals surface area contributed by atoms with Gasteiger partial charge in [0.1, 0.15) is 0 Å². The Morgan fingerprint density at radius 2 is 1.31 bits per heavy atom. The Labute approximate surface area is 101 Å². The van der Waals surface area contributed by atoms with Gasteiger partial charge in [-0.2, -0.15) is 0 Å². The van der Waals surface area contributed by atoms with Gasteiger partial charge in [0.15, 0.2) is 0 Å². The fraction of sp³-hybridized carbons (Fsp3) is 1.00. The summed E-state index contributed by atoms with van der Waals surface area (Å²) >= 11 is 0. The van der Waals surface area contributed by atoms with Crippen molar-refractivity contribution in [2.24, 2.45) is 22.3 Å². The molecule has 1 aliphatic rings. The van der Waals surface area contributed by atoms with Gasteiger partial charge in [-0.3, -0.25) is 0 Å². The highest BCUT2D eigenvalue weighted by atomic mass is 15.0. The van der Waals surface area contributed by atoms with E-state index < -0.39 is 5.66 Å². The zero-order chi connectivity index (χ0) is 12.4. The lowest BCUT2D eigenvalue weighted by atomic mass is 9.47. The molecule has 0 spiro atoms. The second-order valence-corrected chi connectivity index (χ2v) is 5.67. The fourth-order valence-corrected chi connectivity index (χ4v) is 4.63. The minimum atomic E-state index is -0.471. The Kier molecular flexibility index (Phi) is 4.07. The molecule has 1 aliphatic carbocycles. The third kappa shape index (κ3) is 1.62. The van der Waals surface area contributed by atoms with Crippen LogP contribution >= 0.6 is 0 Å². The SMILES string of the molecule is CCC1(CC)CCCC(N)(N)C1(CC)CC. The third-order valence-corrected chi connectivity index (χ3v) is 5.71. The van der Waals surface area contributed by atoms with E-state index >= 15 is 0 Å². The highest BCUT2D eigenvalue weighted by molar-refractivity contribution is 5.10. The van der Waals surface area contributed by atoms with Crippen molar-refractivity contribution in [3.8, 4) is 0 Å². The first-order valence-corrected chi connectivity index (χ1v) is 7.03. The van der Waals surface area contributed by atoms with Crippen LogP contribution in [0.2, 0.25) is 0 Å². The summed E-state index contributed by atoms with van der Waals surface area (Å²) in [6.45, 7) is 9.16. The summed E-state index contributed by atoms with van der Waals surface area (Å²) in [5.41, 5.74) is 13.0. The predicted molar refractivity (Wildman–Crippen MR) is 71.0 cm³/mol. The molecule has 0 aliphatic heterocycles. The van der Waals surface area contributed by atoms with E-state index in [9.17, 15) is 0 Å². The van der Waals surface area contributed by atoms with Gasteiger partial charge in [0.2, 0.25) is 0 Å². The van der Waals surface area contributed by atoms with Crippen LogP contribution in [0.5, 0.6) is 0 Å². The molecule has 0 radical (unpaired) electrons. The molecule has 0 aromatic heterocycles. The van der Waals surface area contributed by atoms with Crippen LogP contribution in [0, 0.1) is 10.8 Å². The van der Waals surface area contributed by atoms with E-state index in [4.69, 9.17) is 11.5 Å². The van der Waals surface area contributed by atoms with Crippen LogP contribution < -0.4 is 11.5 Å². The molecule has 1 rings (SSSR count). The molecule has 16 heavy (non-hydrogen) atoms. The van der Waals surface area contributed by atoms with Gasteiger partial charge < -0.3 is 11.5 Å². The maximum absolute atomic E-state index is 6.48. The standard InChI is InChI=1S/C14H30N2/c1-5-12(6-2)10-9-11-14(15,16)13(12,7-3)8-4/h5-11,15-16H2,1-4H3. The quantitative estimate of drug-likeness (QED) is 0.722. The molecule has 0 unspecified atom stereocenters. The maximum atomic E-state index is 6.48. The van der Waals surface area contributed by atoms with E-state index in [0.717, 1.165) is 19.3 Å². The van der Waals surface area contributed by atoms with Crippen LogP contribution in [0.4, 0.5) is 0 Å². The van der Waals surface area contributed by atoms with Gasteiger partial charge in [0.25, 0.3) is 0 Å². The molecule has 2 nitrogen and oxygen atoms in total. The number of hydrogen-bond acceptors (Lipinski definition) is 2. The Morgan fingerprint density at radius 3 is 1.62 bits per heavy atom. The minimum Gasteiger partial charge on any atom is -0.313 e. The van der Waals surface area contributed by atoms with E-state index in [2.05, 4.69) is 27.7 Å². The largest absolute Gasteiger partial charge is 0.313 e. The van der Waals surface area contributed by atoms with Gasteiger partial charge in [-0.05, 0) is 50.4 Å². The van der Waals surface area contributed by atoms with E-state index in [1.165, 1.54) is 25.7 Å². The summed E-state index contributed by atoms with van der Waals surface area (Å²) < 4.78 is 0. The van der Waals surface area contributed by atoms with Crippen molar-refractivity contribution in [1.82, 2.24) is 0 Å². The number of nitrogens with two attached hydrogens (primary N) is 2. The second-order valence-electron chi connectivity index (χ2n) is 5.67. The van der Waals surface area contributed by atoms with Crippen molar-refractivity contribution in [1.29, 1.82) is 0 Å². The van der Waals surface area contributed by atoms with Crippen LogP contribution in [-0.4, -0.2) is 5.66 Å². The topological polar surface area (TPSA) is 52.0 Å². The van der Waals surface area contributed by atoms with Crippen molar-refractivity contribution < 1.29 is 0 Å². The van der Waals surface area contributed by atoms with Gasteiger partial charge in [-0.1, -0.05) is 27.7 Å². The van der Waals surface area contributed by atoms with E-state index in [0.29, 0.717) is 5.41 Å². The lowest BCUT2D eigenvalue weighted by molar-refractivity contribution is -0.0932. The van der Waals surface area contributed by atoms with Crippen molar-refractivity contribution in [2.45, 2.75) is 78.3 Å². The second kappa shape index (κ2) is 4.66. The Balaban J connectivity index is 3.25. The molecule has 0 heterocycles. The monoisotopic (exact) mass is 226 g/mol. The molecule has 0 amide bonds. The summed E-state index contributed by atoms with van der Waals surface area (Å²) in [5, 5.41) is 0. The molecule has 0 saturated heterocycles. The van der Waals surface area contributed by atoms with Crippen molar-refractivity contribution in [3.63, 3.8) is 0 Å². The van der Waals surface area contributed by atoms with Gasteiger partial charge in [-0.15, -0.1) is 0 Å². The molecule has 1 saturated carbocycles. The maximum Gasteiger partial charge on any atom is 0.0699 e. The highest BCUT2D eigenvalue weighted by Gasteiger charge is 2.57. The van der Waals surface area contributed by atoms with Crippen LogP contribution in [0.15, 0.2) is 0 Å². The predicted octanol–water partition coefficient (Wildman–Crippen LogP) is 3.40. The van der Waals surface area contributed by atoms with Gasteiger partial charge in [0, 0.05) is 5.41 Å². The zero-order valence-corrected chi connectivity index (χ0v) is 11.6. The van der Waals surface area contributed by atoms with E-state index in [-0.39, 0.29) is 5.41 Å². The molecule has 0 bridgehead atoms. The average Bonchev–Trinajstić information content (AvgIpc) is 2.28. The third-order valence-electron chi connectivity index (χ3n) is 5.71. The lowest BCUT2D eigenvalue weighted by Gasteiger charge is -2.61. The first-order valence-electron chi connectivity index (χ1n) is 7.03. The summed E-state index contributed by atoms with van der Waals surface area (Å²) in [6.07, 6.45) is 8.11. The number of rotatable bonds is 4. The van der Waals surface area contributed by atoms with Crippen molar-refractivity contribution in [2.75, 3.05) is 0 Å². The molecule has 2 heteroatoms. The summed E-state index contributed by atoms with van der Waals surface area (Å²) in [4.78, 5) is 0.